The summed E-state index contributed by atoms with van der Waals surface area (Å²) >= 11 is 0. The summed E-state index contributed by atoms with van der Waals surface area (Å²) in [6, 6.07) is 22.7. The van der Waals surface area contributed by atoms with Crippen molar-refractivity contribution in [3.8, 4) is 5.69 Å². The van der Waals surface area contributed by atoms with Crippen LogP contribution >= 0.6 is 0 Å². The van der Waals surface area contributed by atoms with Crippen LogP contribution in [0.4, 0.5) is 4.79 Å². The number of nitrogens with one attached hydrogen (secondary N) is 1. The molecule has 144 valence electrons. The first-order chi connectivity index (χ1) is 13.6. The minimum Gasteiger partial charge on any atom is -0.338 e. The molecule has 2 aromatic carbocycles. The summed E-state index contributed by atoms with van der Waals surface area (Å²) in [4.78, 5) is 15.2. The van der Waals surface area contributed by atoms with Crippen LogP contribution in [0, 0.1) is 5.92 Å². The molecular formula is C24H27N3O. The molecule has 1 aromatic heterocycles. The molecule has 28 heavy (non-hydrogen) atoms. The fourth-order valence-electron chi connectivity index (χ4n) is 3.89. The van der Waals surface area contributed by atoms with Crippen LogP contribution in [0.1, 0.15) is 43.1 Å². The SMILES string of the molecule is CC(C)CCNC(=O)N1Cc2ccccc2-n2cccc2[C@H]1c1ccccc1. The molecule has 0 saturated carbocycles. The van der Waals surface area contributed by atoms with Crippen LogP contribution in [0.2, 0.25) is 0 Å². The third-order valence-corrected chi connectivity index (χ3v) is 5.34. The van der Waals surface area contributed by atoms with Crippen molar-refractivity contribution in [2.75, 3.05) is 6.54 Å². The normalized spacial score (nSPS) is 15.7. The summed E-state index contributed by atoms with van der Waals surface area (Å²) in [5.41, 5.74) is 4.52. The van der Waals surface area contributed by atoms with Crippen molar-refractivity contribution in [1.82, 2.24) is 14.8 Å². The van der Waals surface area contributed by atoms with Crippen molar-refractivity contribution in [1.29, 1.82) is 0 Å². The Labute approximate surface area is 166 Å². The standard InChI is InChI=1S/C24H27N3O/c1-18(2)14-15-25-24(28)27-17-20-11-6-7-12-21(20)26-16-8-13-22(26)23(27)19-9-4-3-5-10-19/h3-13,16,18,23H,14-15,17H2,1-2H3,(H,25,28)/t23-/m1/s1. The number of para-hydroxylation sites is 1. The minimum atomic E-state index is -0.136. The second kappa shape index (κ2) is 7.93. The van der Waals surface area contributed by atoms with Gasteiger partial charge in [0.15, 0.2) is 0 Å². The van der Waals surface area contributed by atoms with Gasteiger partial charge in [-0.2, -0.15) is 0 Å². The van der Waals surface area contributed by atoms with E-state index in [9.17, 15) is 4.79 Å². The molecule has 0 fully saturated rings. The van der Waals surface area contributed by atoms with Crippen molar-refractivity contribution < 1.29 is 4.79 Å². The van der Waals surface area contributed by atoms with E-state index in [1.54, 1.807) is 0 Å². The van der Waals surface area contributed by atoms with Crippen LogP contribution in [0.5, 0.6) is 0 Å². The predicted molar refractivity (Wildman–Crippen MR) is 112 cm³/mol. The highest BCUT2D eigenvalue weighted by atomic mass is 16.2. The molecule has 4 heteroatoms. The Morgan fingerprint density at radius 2 is 1.79 bits per heavy atom. The summed E-state index contributed by atoms with van der Waals surface area (Å²) in [5.74, 6) is 0.562. The molecule has 4 nitrogen and oxygen atoms in total. The van der Waals surface area contributed by atoms with Gasteiger partial charge < -0.3 is 14.8 Å². The molecule has 2 heterocycles. The minimum absolute atomic E-state index is 0.0149. The summed E-state index contributed by atoms with van der Waals surface area (Å²) in [5, 5.41) is 3.14. The van der Waals surface area contributed by atoms with Gasteiger partial charge in [-0.15, -0.1) is 0 Å². The van der Waals surface area contributed by atoms with Gasteiger partial charge in [0.25, 0.3) is 0 Å². The maximum absolute atomic E-state index is 13.3. The van der Waals surface area contributed by atoms with Gasteiger partial charge in [0.2, 0.25) is 0 Å². The molecule has 3 aromatic rings. The zero-order valence-electron chi connectivity index (χ0n) is 16.5. The van der Waals surface area contributed by atoms with Crippen molar-refractivity contribution in [2.45, 2.75) is 32.9 Å². The molecule has 1 aliphatic heterocycles. The molecule has 2 amide bonds. The lowest BCUT2D eigenvalue weighted by atomic mass is 10.0. The van der Waals surface area contributed by atoms with Crippen LogP contribution in [0.15, 0.2) is 72.9 Å². The Hall–Kier alpha value is -3.01. The molecule has 0 radical (unpaired) electrons. The lowest BCUT2D eigenvalue weighted by Gasteiger charge is -2.31. The van der Waals surface area contributed by atoms with Crippen molar-refractivity contribution in [2.24, 2.45) is 5.92 Å². The van der Waals surface area contributed by atoms with Crippen LogP contribution in [-0.4, -0.2) is 22.0 Å². The highest BCUT2D eigenvalue weighted by molar-refractivity contribution is 5.76. The molecule has 1 atom stereocenters. The Morgan fingerprint density at radius 1 is 1.04 bits per heavy atom. The van der Waals surface area contributed by atoms with Gasteiger partial charge in [0.05, 0.1) is 18.3 Å². The fourth-order valence-corrected chi connectivity index (χ4v) is 3.89. The molecule has 1 N–H and O–H groups in total. The highest BCUT2D eigenvalue weighted by Gasteiger charge is 2.32. The van der Waals surface area contributed by atoms with E-state index in [1.165, 1.54) is 0 Å². The molecule has 0 bridgehead atoms. The van der Waals surface area contributed by atoms with Gasteiger partial charge in [-0.05, 0) is 41.7 Å². The van der Waals surface area contributed by atoms with Crippen molar-refractivity contribution in [3.63, 3.8) is 0 Å². The Balaban J connectivity index is 1.77. The molecule has 0 unspecified atom stereocenters. The Bertz CT molecular complexity index is 945. The largest absolute Gasteiger partial charge is 0.338 e. The lowest BCUT2D eigenvalue weighted by molar-refractivity contribution is 0.180. The lowest BCUT2D eigenvalue weighted by Crippen LogP contribution is -2.42. The number of urea groups is 1. The summed E-state index contributed by atoms with van der Waals surface area (Å²) < 4.78 is 2.22. The molecular weight excluding hydrogens is 346 g/mol. The quantitative estimate of drug-likeness (QED) is 0.676. The number of hydrogen-bond donors (Lipinski definition) is 1. The molecule has 0 saturated heterocycles. The van der Waals surface area contributed by atoms with Crippen molar-refractivity contribution in [3.05, 3.63) is 89.7 Å². The van der Waals surface area contributed by atoms with Gasteiger partial charge in [-0.25, -0.2) is 4.79 Å². The number of nitrogens with zero attached hydrogens (tertiary/aromatic N) is 2. The number of benzene rings is 2. The van der Waals surface area contributed by atoms with Crippen LogP contribution in [0.3, 0.4) is 0 Å². The summed E-state index contributed by atoms with van der Waals surface area (Å²) in [7, 11) is 0. The van der Waals surface area contributed by atoms with Gasteiger partial charge >= 0.3 is 6.03 Å². The van der Waals surface area contributed by atoms with E-state index >= 15 is 0 Å². The van der Waals surface area contributed by atoms with E-state index < -0.39 is 0 Å². The van der Waals surface area contributed by atoms with Crippen LogP contribution < -0.4 is 5.32 Å². The fraction of sp³-hybridized carbons (Fsp3) is 0.292. The van der Waals surface area contributed by atoms with E-state index in [-0.39, 0.29) is 12.1 Å². The second-order valence-corrected chi connectivity index (χ2v) is 7.79. The van der Waals surface area contributed by atoms with E-state index in [0.717, 1.165) is 28.9 Å². The number of amides is 2. The summed E-state index contributed by atoms with van der Waals surface area (Å²) in [6.45, 7) is 5.62. The zero-order chi connectivity index (χ0) is 19.5. The number of rotatable bonds is 4. The third kappa shape index (κ3) is 3.55. The topological polar surface area (TPSA) is 37.3 Å². The molecule has 4 rings (SSSR count). The van der Waals surface area contributed by atoms with Crippen LogP contribution in [-0.2, 0) is 6.54 Å². The molecule has 1 aliphatic rings. The predicted octanol–water partition coefficient (Wildman–Crippen LogP) is 5.14. The van der Waals surface area contributed by atoms with Gasteiger partial charge in [-0.1, -0.05) is 62.4 Å². The first-order valence-electron chi connectivity index (χ1n) is 10.00. The molecule has 0 aliphatic carbocycles. The van der Waals surface area contributed by atoms with E-state index in [0.29, 0.717) is 19.0 Å². The highest BCUT2D eigenvalue weighted by Crippen LogP contribution is 2.36. The van der Waals surface area contributed by atoms with Crippen molar-refractivity contribution >= 4 is 6.03 Å². The second-order valence-electron chi connectivity index (χ2n) is 7.79. The average Bonchev–Trinajstić information content (AvgIpc) is 3.12. The number of hydrogen-bond acceptors (Lipinski definition) is 1. The summed E-state index contributed by atoms with van der Waals surface area (Å²) in [6.07, 6.45) is 3.06. The first kappa shape index (κ1) is 18.4. The molecule has 0 spiro atoms. The smallest absolute Gasteiger partial charge is 0.318 e. The van der Waals surface area contributed by atoms with Gasteiger partial charge in [-0.3, -0.25) is 0 Å². The number of fused-ring (bicyclic) bond motifs is 3. The van der Waals surface area contributed by atoms with Crippen LogP contribution in [0.25, 0.3) is 5.69 Å². The maximum atomic E-state index is 13.3. The number of carbonyl (C=O) groups is 1. The average molecular weight is 374 g/mol. The Morgan fingerprint density at radius 3 is 2.57 bits per heavy atom. The van der Waals surface area contributed by atoms with E-state index in [2.05, 4.69) is 72.4 Å². The van der Waals surface area contributed by atoms with E-state index in [1.807, 2.05) is 29.2 Å². The Kier molecular flexibility index (Phi) is 5.20. The number of aromatic nitrogens is 1. The van der Waals surface area contributed by atoms with Gasteiger partial charge in [0, 0.05) is 18.4 Å². The first-order valence-corrected chi connectivity index (χ1v) is 10.00. The zero-order valence-corrected chi connectivity index (χ0v) is 16.5. The third-order valence-electron chi connectivity index (χ3n) is 5.34. The van der Waals surface area contributed by atoms with Gasteiger partial charge in [0.1, 0.15) is 0 Å². The number of carbonyl (C=O) groups excluding carboxylic acids is 1. The monoisotopic (exact) mass is 373 g/mol. The van der Waals surface area contributed by atoms with E-state index in [4.69, 9.17) is 0 Å². The maximum Gasteiger partial charge on any atom is 0.318 e.